The third-order valence-corrected chi connectivity index (χ3v) is 3.45. The summed E-state index contributed by atoms with van der Waals surface area (Å²) in [6.07, 6.45) is 1.12. The molecule has 0 aliphatic carbocycles. The predicted octanol–water partition coefficient (Wildman–Crippen LogP) is 2.45. The molecule has 0 spiro atoms. The Morgan fingerprint density at radius 3 is 2.94 bits per heavy atom. The van der Waals surface area contributed by atoms with Crippen molar-refractivity contribution in [3.8, 4) is 0 Å². The van der Waals surface area contributed by atoms with Gasteiger partial charge in [0.2, 0.25) is 0 Å². The Balaban J connectivity index is 2.13. The maximum Gasteiger partial charge on any atom is 0.0722 e. The number of hydrogen-bond acceptors (Lipinski definition) is 3. The van der Waals surface area contributed by atoms with E-state index < -0.39 is 0 Å². The van der Waals surface area contributed by atoms with Gasteiger partial charge in [0.1, 0.15) is 0 Å². The molecule has 3 nitrogen and oxygen atoms in total. The first-order valence-corrected chi connectivity index (χ1v) is 6.84. The molecule has 1 fully saturated rings. The number of morpholine rings is 1. The van der Waals surface area contributed by atoms with E-state index in [0.29, 0.717) is 0 Å². The van der Waals surface area contributed by atoms with E-state index >= 15 is 0 Å². The van der Waals surface area contributed by atoms with Gasteiger partial charge in [0, 0.05) is 19.1 Å². The van der Waals surface area contributed by atoms with Crippen LogP contribution >= 0.6 is 11.6 Å². The van der Waals surface area contributed by atoms with Crippen LogP contribution in [0.3, 0.4) is 0 Å². The number of ether oxygens (including phenoxy) is 1. The first kappa shape index (κ1) is 13.7. The normalized spacial score (nSPS) is 22.0. The van der Waals surface area contributed by atoms with Crippen molar-refractivity contribution in [2.45, 2.75) is 32.4 Å². The van der Waals surface area contributed by atoms with Gasteiger partial charge in [0.15, 0.2) is 0 Å². The SMILES string of the molecule is CC(N)Cc1ccc(N2CCOC(C)C2)c(Cl)c1. The highest BCUT2D eigenvalue weighted by Gasteiger charge is 2.19. The summed E-state index contributed by atoms with van der Waals surface area (Å²) in [6.45, 7) is 6.65. The molecule has 18 heavy (non-hydrogen) atoms. The van der Waals surface area contributed by atoms with E-state index in [2.05, 4.69) is 24.0 Å². The maximum absolute atomic E-state index is 6.37. The molecule has 1 aliphatic rings. The Bertz CT molecular complexity index is 409. The van der Waals surface area contributed by atoms with Gasteiger partial charge in [-0.3, -0.25) is 0 Å². The summed E-state index contributed by atoms with van der Waals surface area (Å²) in [4.78, 5) is 2.28. The van der Waals surface area contributed by atoms with Gasteiger partial charge in [-0.25, -0.2) is 0 Å². The third kappa shape index (κ3) is 3.37. The van der Waals surface area contributed by atoms with Crippen molar-refractivity contribution in [2.75, 3.05) is 24.6 Å². The molecule has 1 aliphatic heterocycles. The molecule has 0 amide bonds. The monoisotopic (exact) mass is 268 g/mol. The molecule has 0 saturated carbocycles. The molecular formula is C14H21ClN2O. The minimum absolute atomic E-state index is 0.162. The van der Waals surface area contributed by atoms with Crippen LogP contribution in [-0.4, -0.2) is 31.8 Å². The molecule has 2 rings (SSSR count). The number of nitrogens with zero attached hydrogens (tertiary/aromatic N) is 1. The van der Waals surface area contributed by atoms with Crippen molar-refractivity contribution in [3.05, 3.63) is 28.8 Å². The van der Waals surface area contributed by atoms with Gasteiger partial charge < -0.3 is 15.4 Å². The average molecular weight is 269 g/mol. The molecular weight excluding hydrogens is 248 g/mol. The van der Waals surface area contributed by atoms with Gasteiger partial charge in [-0.05, 0) is 38.0 Å². The van der Waals surface area contributed by atoms with Crippen molar-refractivity contribution >= 4 is 17.3 Å². The highest BCUT2D eigenvalue weighted by molar-refractivity contribution is 6.33. The summed E-state index contributed by atoms with van der Waals surface area (Å²) in [5, 5.41) is 0.808. The third-order valence-electron chi connectivity index (χ3n) is 3.15. The van der Waals surface area contributed by atoms with Crippen LogP contribution in [0.5, 0.6) is 0 Å². The quantitative estimate of drug-likeness (QED) is 0.915. The Labute approximate surface area is 114 Å². The molecule has 0 radical (unpaired) electrons. The van der Waals surface area contributed by atoms with Gasteiger partial charge in [0.25, 0.3) is 0 Å². The summed E-state index contributed by atoms with van der Waals surface area (Å²) in [6, 6.07) is 6.40. The topological polar surface area (TPSA) is 38.5 Å². The lowest BCUT2D eigenvalue weighted by Gasteiger charge is -2.33. The highest BCUT2D eigenvalue weighted by Crippen LogP contribution is 2.28. The number of rotatable bonds is 3. The first-order chi connectivity index (χ1) is 8.56. The van der Waals surface area contributed by atoms with E-state index in [-0.39, 0.29) is 12.1 Å². The van der Waals surface area contributed by atoms with Gasteiger partial charge >= 0.3 is 0 Å². The summed E-state index contributed by atoms with van der Waals surface area (Å²) < 4.78 is 5.54. The van der Waals surface area contributed by atoms with E-state index in [4.69, 9.17) is 22.1 Å². The minimum atomic E-state index is 0.162. The second-order valence-corrected chi connectivity index (χ2v) is 5.50. The van der Waals surface area contributed by atoms with Crippen LogP contribution in [0.25, 0.3) is 0 Å². The van der Waals surface area contributed by atoms with Crippen LogP contribution in [0.15, 0.2) is 18.2 Å². The largest absolute Gasteiger partial charge is 0.375 e. The summed E-state index contributed by atoms with van der Waals surface area (Å²) in [7, 11) is 0. The fourth-order valence-electron chi connectivity index (χ4n) is 2.34. The fourth-order valence-corrected chi connectivity index (χ4v) is 2.67. The molecule has 0 aromatic heterocycles. The van der Waals surface area contributed by atoms with Crippen molar-refractivity contribution in [3.63, 3.8) is 0 Å². The number of anilines is 1. The smallest absolute Gasteiger partial charge is 0.0722 e. The second-order valence-electron chi connectivity index (χ2n) is 5.09. The Morgan fingerprint density at radius 1 is 1.56 bits per heavy atom. The summed E-state index contributed by atoms with van der Waals surface area (Å²) >= 11 is 6.37. The first-order valence-electron chi connectivity index (χ1n) is 6.47. The van der Waals surface area contributed by atoms with Gasteiger partial charge in [-0.1, -0.05) is 17.7 Å². The molecule has 2 unspecified atom stereocenters. The molecule has 1 heterocycles. The van der Waals surface area contributed by atoms with E-state index in [1.54, 1.807) is 0 Å². The average Bonchev–Trinajstić information content (AvgIpc) is 2.28. The highest BCUT2D eigenvalue weighted by atomic mass is 35.5. The molecule has 0 bridgehead atoms. The Hall–Kier alpha value is -0.770. The predicted molar refractivity (Wildman–Crippen MR) is 76.4 cm³/mol. The zero-order valence-corrected chi connectivity index (χ0v) is 11.8. The standard InChI is InChI=1S/C14H21ClN2O/c1-10(16)7-12-3-4-14(13(15)8-12)17-5-6-18-11(2)9-17/h3-4,8,10-11H,5-7,9,16H2,1-2H3. The molecule has 4 heteroatoms. The maximum atomic E-state index is 6.37. The van der Waals surface area contributed by atoms with Crippen LogP contribution in [0.1, 0.15) is 19.4 Å². The van der Waals surface area contributed by atoms with Crippen LogP contribution < -0.4 is 10.6 Å². The van der Waals surface area contributed by atoms with Crippen LogP contribution in [0, 0.1) is 0 Å². The molecule has 1 saturated heterocycles. The molecule has 2 atom stereocenters. The van der Waals surface area contributed by atoms with E-state index in [1.807, 2.05) is 13.0 Å². The summed E-state index contributed by atoms with van der Waals surface area (Å²) in [5.41, 5.74) is 8.10. The van der Waals surface area contributed by atoms with Crippen molar-refractivity contribution < 1.29 is 4.74 Å². The zero-order valence-electron chi connectivity index (χ0n) is 11.0. The second kappa shape index (κ2) is 5.91. The Morgan fingerprint density at radius 2 is 2.33 bits per heavy atom. The van der Waals surface area contributed by atoms with Crippen LogP contribution in [0.2, 0.25) is 5.02 Å². The number of halogens is 1. The molecule has 2 N–H and O–H groups in total. The zero-order chi connectivity index (χ0) is 13.1. The van der Waals surface area contributed by atoms with Crippen molar-refractivity contribution in [1.29, 1.82) is 0 Å². The van der Waals surface area contributed by atoms with Crippen molar-refractivity contribution in [2.24, 2.45) is 5.73 Å². The van der Waals surface area contributed by atoms with Gasteiger partial charge in [0.05, 0.1) is 23.4 Å². The number of nitrogens with two attached hydrogens (primary N) is 1. The lowest BCUT2D eigenvalue weighted by atomic mass is 10.1. The van der Waals surface area contributed by atoms with E-state index in [9.17, 15) is 0 Å². The lowest BCUT2D eigenvalue weighted by Crippen LogP contribution is -2.41. The minimum Gasteiger partial charge on any atom is -0.375 e. The van der Waals surface area contributed by atoms with E-state index in [0.717, 1.165) is 36.8 Å². The number of benzene rings is 1. The van der Waals surface area contributed by atoms with Gasteiger partial charge in [-0.15, -0.1) is 0 Å². The molecule has 1 aromatic carbocycles. The van der Waals surface area contributed by atoms with Gasteiger partial charge in [-0.2, -0.15) is 0 Å². The lowest BCUT2D eigenvalue weighted by molar-refractivity contribution is 0.0532. The number of hydrogen-bond donors (Lipinski definition) is 1. The molecule has 1 aromatic rings. The molecule has 100 valence electrons. The fraction of sp³-hybridized carbons (Fsp3) is 0.571. The Kier molecular flexibility index (Phi) is 4.49. The van der Waals surface area contributed by atoms with Crippen LogP contribution in [0.4, 0.5) is 5.69 Å². The van der Waals surface area contributed by atoms with Crippen LogP contribution in [-0.2, 0) is 11.2 Å². The van der Waals surface area contributed by atoms with E-state index in [1.165, 1.54) is 5.56 Å². The summed E-state index contributed by atoms with van der Waals surface area (Å²) in [5.74, 6) is 0. The van der Waals surface area contributed by atoms with Crippen molar-refractivity contribution in [1.82, 2.24) is 0 Å².